The van der Waals surface area contributed by atoms with Crippen LogP contribution in [0.15, 0.2) is 58.5 Å². The van der Waals surface area contributed by atoms with Crippen molar-refractivity contribution in [1.29, 1.82) is 0 Å². The Kier molecular flexibility index (Phi) is 8.00. The van der Waals surface area contributed by atoms with Gasteiger partial charge in [0.1, 0.15) is 4.90 Å². The average molecular weight is 515 g/mol. The average Bonchev–Trinajstić information content (AvgIpc) is 2.85. The maximum absolute atomic E-state index is 13.2. The Labute approximate surface area is 208 Å². The summed E-state index contributed by atoms with van der Waals surface area (Å²) < 4.78 is 45.0. The van der Waals surface area contributed by atoms with Gasteiger partial charge in [0.15, 0.2) is 11.5 Å². The van der Waals surface area contributed by atoms with E-state index in [1.807, 2.05) is 13.0 Å². The van der Waals surface area contributed by atoms with E-state index in [0.29, 0.717) is 34.1 Å². The maximum atomic E-state index is 13.2. The van der Waals surface area contributed by atoms with Gasteiger partial charge < -0.3 is 14.2 Å². The molecule has 11 nitrogen and oxygen atoms in total. The van der Waals surface area contributed by atoms with Gasteiger partial charge in [-0.05, 0) is 43.7 Å². The van der Waals surface area contributed by atoms with Gasteiger partial charge in [-0.15, -0.1) is 0 Å². The monoisotopic (exact) mass is 514 g/mol. The minimum absolute atomic E-state index is 0.0357. The Morgan fingerprint density at radius 1 is 0.917 bits per heavy atom. The first-order chi connectivity index (χ1) is 17.1. The molecule has 0 bridgehead atoms. The highest BCUT2D eigenvalue weighted by atomic mass is 32.2. The first kappa shape index (κ1) is 26.3. The minimum Gasteiger partial charge on any atom is -0.493 e. The van der Waals surface area contributed by atoms with Gasteiger partial charge in [0.2, 0.25) is 5.75 Å². The Morgan fingerprint density at radius 2 is 1.61 bits per heavy atom. The highest BCUT2D eigenvalue weighted by molar-refractivity contribution is 7.92. The van der Waals surface area contributed by atoms with Gasteiger partial charge in [-0.1, -0.05) is 17.7 Å². The van der Waals surface area contributed by atoms with E-state index in [1.165, 1.54) is 39.7 Å². The number of ether oxygens (including phenoxy) is 3. The van der Waals surface area contributed by atoms with Crippen LogP contribution in [0.5, 0.6) is 17.2 Å². The molecule has 2 N–H and O–H groups in total. The van der Waals surface area contributed by atoms with Crippen LogP contribution in [0.25, 0.3) is 0 Å². The summed E-state index contributed by atoms with van der Waals surface area (Å²) >= 11 is 0. The maximum Gasteiger partial charge on any atom is 0.270 e. The van der Waals surface area contributed by atoms with Crippen LogP contribution >= 0.6 is 0 Å². The van der Waals surface area contributed by atoms with Gasteiger partial charge in [-0.2, -0.15) is 5.10 Å². The predicted octanol–water partition coefficient (Wildman–Crippen LogP) is 4.48. The fourth-order valence-corrected chi connectivity index (χ4v) is 4.77. The number of non-ortho nitro benzene ring substituents is 1. The summed E-state index contributed by atoms with van der Waals surface area (Å²) in [5.74, 6) is 1.18. The lowest BCUT2D eigenvalue weighted by Crippen LogP contribution is -2.16. The number of methoxy groups -OCH3 is 3. The number of aryl methyl sites for hydroxylation is 2. The summed E-state index contributed by atoms with van der Waals surface area (Å²) in [4.78, 5) is 10.3. The molecule has 3 aromatic carbocycles. The van der Waals surface area contributed by atoms with Crippen molar-refractivity contribution in [2.45, 2.75) is 18.7 Å². The lowest BCUT2D eigenvalue weighted by molar-refractivity contribution is -0.385. The molecular formula is C24H26N4O7S. The van der Waals surface area contributed by atoms with Crippen molar-refractivity contribution in [2.24, 2.45) is 5.10 Å². The van der Waals surface area contributed by atoms with Crippen molar-refractivity contribution < 1.29 is 27.6 Å². The van der Waals surface area contributed by atoms with E-state index >= 15 is 0 Å². The normalized spacial score (nSPS) is 11.2. The molecule has 0 aliphatic carbocycles. The first-order valence-corrected chi connectivity index (χ1v) is 12.1. The van der Waals surface area contributed by atoms with Crippen molar-refractivity contribution in [1.82, 2.24) is 0 Å². The molecule has 0 radical (unpaired) electrons. The second-order valence-electron chi connectivity index (χ2n) is 7.65. The molecule has 0 saturated heterocycles. The van der Waals surface area contributed by atoms with Gasteiger partial charge >= 0.3 is 0 Å². The topological polar surface area (TPSA) is 141 Å². The molecule has 0 atom stereocenters. The number of benzene rings is 3. The second-order valence-corrected chi connectivity index (χ2v) is 9.31. The van der Waals surface area contributed by atoms with Crippen LogP contribution in [-0.4, -0.2) is 40.9 Å². The molecule has 3 rings (SSSR count). The zero-order chi connectivity index (χ0) is 26.5. The van der Waals surface area contributed by atoms with Gasteiger partial charge in [0.25, 0.3) is 15.7 Å². The highest BCUT2D eigenvalue weighted by Gasteiger charge is 2.23. The summed E-state index contributed by atoms with van der Waals surface area (Å²) in [6, 6.07) is 12.0. The number of nitro groups is 1. The number of nitrogens with zero attached hydrogens (tertiary/aromatic N) is 2. The molecular weight excluding hydrogens is 488 g/mol. The van der Waals surface area contributed by atoms with Gasteiger partial charge in [0, 0.05) is 17.7 Å². The van der Waals surface area contributed by atoms with E-state index in [2.05, 4.69) is 15.2 Å². The lowest BCUT2D eigenvalue weighted by Gasteiger charge is -2.14. The number of hydrogen-bond donors (Lipinski definition) is 2. The fourth-order valence-electron chi connectivity index (χ4n) is 3.46. The van der Waals surface area contributed by atoms with E-state index in [9.17, 15) is 18.5 Å². The standard InChI is InChI=1S/C24H26N4O7S/c1-15-6-9-19(16(2)12-15)27-36(31,32)22-13-18(28(29)30)8-10-20(22)26-25-14-17-7-11-21(33-3)24(35-5)23(17)34-4/h6-14,26-27H,1-5H3/b25-14-. The summed E-state index contributed by atoms with van der Waals surface area (Å²) in [7, 11) is 0.209. The number of sulfonamides is 1. The largest absolute Gasteiger partial charge is 0.493 e. The molecule has 36 heavy (non-hydrogen) atoms. The van der Waals surface area contributed by atoms with Crippen LogP contribution in [0.4, 0.5) is 17.1 Å². The fraction of sp³-hybridized carbons (Fsp3) is 0.208. The molecule has 0 fully saturated rings. The van der Waals surface area contributed by atoms with Crippen molar-refractivity contribution in [3.63, 3.8) is 0 Å². The first-order valence-electron chi connectivity index (χ1n) is 10.6. The molecule has 0 aliphatic rings. The SMILES string of the molecule is COc1ccc(/C=N\Nc2ccc([N+](=O)[O-])cc2S(=O)(=O)Nc2ccc(C)cc2C)c(OC)c1OC. The zero-order valence-electron chi connectivity index (χ0n) is 20.4. The van der Waals surface area contributed by atoms with E-state index in [4.69, 9.17) is 14.2 Å². The van der Waals surface area contributed by atoms with Crippen molar-refractivity contribution in [2.75, 3.05) is 31.5 Å². The van der Waals surface area contributed by atoms with E-state index < -0.39 is 14.9 Å². The second kappa shape index (κ2) is 11.0. The van der Waals surface area contributed by atoms with Crippen LogP contribution in [0, 0.1) is 24.0 Å². The number of nitrogens with one attached hydrogen (secondary N) is 2. The van der Waals surface area contributed by atoms with Crippen LogP contribution in [-0.2, 0) is 10.0 Å². The van der Waals surface area contributed by atoms with Crippen molar-refractivity contribution in [3.05, 3.63) is 75.3 Å². The molecule has 0 spiro atoms. The smallest absolute Gasteiger partial charge is 0.270 e. The van der Waals surface area contributed by atoms with Crippen LogP contribution < -0.4 is 24.4 Å². The van der Waals surface area contributed by atoms with Gasteiger partial charge in [-0.25, -0.2) is 8.42 Å². The Balaban J connectivity index is 1.99. The Bertz CT molecular complexity index is 1420. The summed E-state index contributed by atoms with van der Waals surface area (Å²) in [6.07, 6.45) is 1.40. The van der Waals surface area contributed by atoms with Crippen LogP contribution in [0.3, 0.4) is 0 Å². The molecule has 3 aromatic rings. The van der Waals surface area contributed by atoms with Crippen LogP contribution in [0.1, 0.15) is 16.7 Å². The van der Waals surface area contributed by atoms with E-state index in [-0.39, 0.29) is 16.3 Å². The zero-order valence-corrected chi connectivity index (χ0v) is 21.2. The van der Waals surface area contributed by atoms with E-state index in [1.54, 1.807) is 31.2 Å². The van der Waals surface area contributed by atoms with Gasteiger partial charge in [0.05, 0.1) is 43.8 Å². The van der Waals surface area contributed by atoms with E-state index in [0.717, 1.165) is 11.6 Å². The molecule has 0 amide bonds. The number of anilines is 2. The molecule has 12 heteroatoms. The molecule has 0 heterocycles. The molecule has 0 unspecified atom stereocenters. The van der Waals surface area contributed by atoms with Crippen molar-refractivity contribution >= 4 is 33.3 Å². The predicted molar refractivity (Wildman–Crippen MR) is 137 cm³/mol. The minimum atomic E-state index is -4.21. The summed E-state index contributed by atoms with van der Waals surface area (Å²) in [6.45, 7) is 3.65. The summed E-state index contributed by atoms with van der Waals surface area (Å²) in [5, 5.41) is 15.5. The molecule has 190 valence electrons. The Morgan fingerprint density at radius 3 is 2.22 bits per heavy atom. The van der Waals surface area contributed by atoms with Gasteiger partial charge in [-0.3, -0.25) is 20.3 Å². The third kappa shape index (κ3) is 5.66. The highest BCUT2D eigenvalue weighted by Crippen LogP contribution is 2.39. The summed E-state index contributed by atoms with van der Waals surface area (Å²) in [5.41, 5.74) is 4.86. The third-order valence-corrected chi connectivity index (χ3v) is 6.62. The Hall–Kier alpha value is -4.32. The molecule has 0 saturated carbocycles. The molecule has 0 aromatic heterocycles. The quantitative estimate of drug-likeness (QED) is 0.229. The number of hydrogen-bond acceptors (Lipinski definition) is 9. The number of hydrazone groups is 1. The lowest BCUT2D eigenvalue weighted by atomic mass is 10.1. The molecule has 0 aliphatic heterocycles. The number of rotatable bonds is 10. The third-order valence-electron chi connectivity index (χ3n) is 5.22. The number of nitro benzene ring substituents is 1. The van der Waals surface area contributed by atoms with Crippen molar-refractivity contribution in [3.8, 4) is 17.2 Å². The van der Waals surface area contributed by atoms with Crippen LogP contribution in [0.2, 0.25) is 0 Å².